The first kappa shape index (κ1) is 28.2. The molecule has 210 valence electrons. The minimum absolute atomic E-state index is 0.0817. The number of benzene rings is 2. The number of halogens is 4. The Labute approximate surface area is 223 Å². The van der Waals surface area contributed by atoms with Crippen LogP contribution in [-0.4, -0.2) is 48.1 Å². The van der Waals surface area contributed by atoms with E-state index in [9.17, 15) is 22.4 Å². The molecule has 0 aliphatic heterocycles. The van der Waals surface area contributed by atoms with Gasteiger partial charge in [-0.3, -0.25) is 4.79 Å². The standard InChI is InChI=1S/C27H31F4N5O3/c1-14(18-10-17(32)11-20(24(18)28)27(29,30)31)33-25-19-12-23(22(38-4)13-21(19)34-15(2)35-25)39-9-8-36(3)26(37)16-6-5-7-16/h10-14,16H,5-9,32H2,1-4H3,(H,33,34,35)/t14-/m1/s1. The molecule has 3 aromatic rings. The summed E-state index contributed by atoms with van der Waals surface area (Å²) in [5, 5.41) is 3.49. The van der Waals surface area contributed by atoms with Gasteiger partial charge in [0.25, 0.3) is 0 Å². The Bertz CT molecular complexity index is 1380. The van der Waals surface area contributed by atoms with Crippen molar-refractivity contribution in [3.63, 3.8) is 0 Å². The Balaban J connectivity index is 1.61. The summed E-state index contributed by atoms with van der Waals surface area (Å²) >= 11 is 0. The summed E-state index contributed by atoms with van der Waals surface area (Å²) in [6.45, 7) is 3.75. The maximum absolute atomic E-state index is 14.9. The van der Waals surface area contributed by atoms with Crippen molar-refractivity contribution in [3.05, 3.63) is 47.0 Å². The van der Waals surface area contributed by atoms with E-state index in [2.05, 4.69) is 15.3 Å². The van der Waals surface area contributed by atoms with Gasteiger partial charge >= 0.3 is 6.18 Å². The van der Waals surface area contributed by atoms with Gasteiger partial charge in [0.1, 0.15) is 24.1 Å². The van der Waals surface area contributed by atoms with E-state index in [1.54, 1.807) is 31.0 Å². The lowest BCUT2D eigenvalue weighted by Gasteiger charge is -2.29. The van der Waals surface area contributed by atoms with Crippen LogP contribution in [0.3, 0.4) is 0 Å². The monoisotopic (exact) mass is 549 g/mol. The Morgan fingerprint density at radius 3 is 2.54 bits per heavy atom. The zero-order valence-electron chi connectivity index (χ0n) is 22.2. The van der Waals surface area contributed by atoms with Gasteiger partial charge in [0.2, 0.25) is 5.91 Å². The molecule has 1 aromatic heterocycles. The molecule has 0 bridgehead atoms. The summed E-state index contributed by atoms with van der Waals surface area (Å²) < 4.78 is 66.3. The molecule has 0 saturated heterocycles. The first-order valence-corrected chi connectivity index (χ1v) is 12.6. The normalized spacial score (nSPS) is 14.6. The van der Waals surface area contributed by atoms with Gasteiger partial charge in [0, 0.05) is 35.7 Å². The largest absolute Gasteiger partial charge is 0.493 e. The number of aromatic nitrogens is 2. The maximum Gasteiger partial charge on any atom is 0.419 e. The summed E-state index contributed by atoms with van der Waals surface area (Å²) in [6.07, 6.45) is -2.01. The number of nitrogens with two attached hydrogens (primary N) is 1. The highest BCUT2D eigenvalue weighted by atomic mass is 19.4. The molecule has 0 radical (unpaired) electrons. The van der Waals surface area contributed by atoms with Crippen molar-refractivity contribution in [2.75, 3.05) is 38.4 Å². The van der Waals surface area contributed by atoms with Gasteiger partial charge in [-0.2, -0.15) is 13.2 Å². The van der Waals surface area contributed by atoms with Crippen LogP contribution in [0.25, 0.3) is 10.9 Å². The maximum atomic E-state index is 14.9. The molecule has 4 rings (SSSR count). The molecular formula is C27H31F4N5O3. The molecule has 2 aromatic carbocycles. The lowest BCUT2D eigenvalue weighted by atomic mass is 9.84. The smallest absolute Gasteiger partial charge is 0.419 e. The Hall–Kier alpha value is -3.83. The molecule has 12 heteroatoms. The molecule has 1 saturated carbocycles. The number of ether oxygens (including phenoxy) is 2. The van der Waals surface area contributed by atoms with Crippen LogP contribution in [0.2, 0.25) is 0 Å². The van der Waals surface area contributed by atoms with Crippen molar-refractivity contribution in [1.82, 2.24) is 14.9 Å². The molecule has 1 aliphatic rings. The third-order valence-electron chi connectivity index (χ3n) is 6.86. The average Bonchev–Trinajstić information content (AvgIpc) is 2.83. The number of nitrogen functional groups attached to an aromatic ring is 1. The third-order valence-corrected chi connectivity index (χ3v) is 6.86. The highest BCUT2D eigenvalue weighted by Gasteiger charge is 2.36. The lowest BCUT2D eigenvalue weighted by Crippen LogP contribution is -2.38. The number of rotatable bonds is 9. The number of anilines is 2. The van der Waals surface area contributed by atoms with Gasteiger partial charge in [-0.1, -0.05) is 6.42 Å². The van der Waals surface area contributed by atoms with E-state index in [1.165, 1.54) is 14.0 Å². The minimum atomic E-state index is -4.90. The molecule has 1 amide bonds. The van der Waals surface area contributed by atoms with E-state index in [1.807, 2.05) is 0 Å². The van der Waals surface area contributed by atoms with Gasteiger partial charge in [0.15, 0.2) is 11.5 Å². The summed E-state index contributed by atoms with van der Waals surface area (Å²) in [7, 11) is 3.22. The summed E-state index contributed by atoms with van der Waals surface area (Å²) in [5.41, 5.74) is 4.25. The molecule has 39 heavy (non-hydrogen) atoms. The van der Waals surface area contributed by atoms with E-state index < -0.39 is 23.6 Å². The van der Waals surface area contributed by atoms with E-state index in [4.69, 9.17) is 15.2 Å². The van der Waals surface area contributed by atoms with Gasteiger partial charge in [-0.15, -0.1) is 0 Å². The second-order valence-corrected chi connectivity index (χ2v) is 9.71. The van der Waals surface area contributed by atoms with Crippen LogP contribution in [0.1, 0.15) is 49.2 Å². The SMILES string of the molecule is COc1cc2nc(C)nc(N[C@H](C)c3cc(N)cc(C(F)(F)F)c3F)c2cc1OCCN(C)C(=O)C1CCC1. The highest BCUT2D eigenvalue weighted by molar-refractivity contribution is 5.92. The molecule has 1 aliphatic carbocycles. The Morgan fingerprint density at radius 1 is 1.21 bits per heavy atom. The second-order valence-electron chi connectivity index (χ2n) is 9.71. The number of hydrogen-bond acceptors (Lipinski definition) is 7. The molecule has 0 spiro atoms. The molecule has 1 atom stereocenters. The van der Waals surface area contributed by atoms with Crippen molar-refractivity contribution in [2.45, 2.75) is 45.3 Å². The fourth-order valence-corrected chi connectivity index (χ4v) is 4.48. The number of methoxy groups -OCH3 is 1. The van der Waals surface area contributed by atoms with Gasteiger partial charge < -0.3 is 25.4 Å². The Morgan fingerprint density at radius 2 is 1.92 bits per heavy atom. The summed E-state index contributed by atoms with van der Waals surface area (Å²) in [4.78, 5) is 22.9. The summed E-state index contributed by atoms with van der Waals surface area (Å²) in [6, 6.07) is 4.11. The Kier molecular flexibility index (Phi) is 8.03. The van der Waals surface area contributed by atoms with Crippen molar-refractivity contribution < 1.29 is 31.8 Å². The number of alkyl halides is 3. The van der Waals surface area contributed by atoms with Gasteiger partial charge in [-0.25, -0.2) is 14.4 Å². The van der Waals surface area contributed by atoms with E-state index >= 15 is 0 Å². The van der Waals surface area contributed by atoms with Crippen LogP contribution in [0, 0.1) is 18.7 Å². The molecule has 1 fully saturated rings. The van der Waals surface area contributed by atoms with Crippen molar-refractivity contribution in [3.8, 4) is 11.5 Å². The molecule has 1 heterocycles. The van der Waals surface area contributed by atoms with Crippen LogP contribution in [0.4, 0.5) is 29.1 Å². The van der Waals surface area contributed by atoms with Crippen LogP contribution in [-0.2, 0) is 11.0 Å². The van der Waals surface area contributed by atoms with Gasteiger partial charge in [-0.05, 0) is 44.9 Å². The number of likely N-dealkylation sites (N-methyl/N-ethyl adjacent to an activating group) is 1. The number of nitrogens with zero attached hydrogens (tertiary/aromatic N) is 3. The molecule has 3 N–H and O–H groups in total. The van der Waals surface area contributed by atoms with Crippen LogP contribution < -0.4 is 20.5 Å². The quantitative estimate of drug-likeness (QED) is 0.269. The lowest BCUT2D eigenvalue weighted by molar-refractivity contribution is -0.140. The molecule has 8 nitrogen and oxygen atoms in total. The van der Waals surface area contributed by atoms with Crippen molar-refractivity contribution >= 4 is 28.3 Å². The average molecular weight is 550 g/mol. The highest BCUT2D eigenvalue weighted by Crippen LogP contribution is 2.38. The predicted molar refractivity (Wildman–Crippen MR) is 139 cm³/mol. The zero-order valence-corrected chi connectivity index (χ0v) is 22.2. The van der Waals surface area contributed by atoms with Crippen LogP contribution in [0.5, 0.6) is 11.5 Å². The number of hydrogen-bond donors (Lipinski definition) is 2. The number of fused-ring (bicyclic) bond motifs is 1. The van der Waals surface area contributed by atoms with Crippen molar-refractivity contribution in [1.29, 1.82) is 0 Å². The van der Waals surface area contributed by atoms with Gasteiger partial charge in [0.05, 0.1) is 30.8 Å². The molecular weight excluding hydrogens is 518 g/mol. The van der Waals surface area contributed by atoms with E-state index in [0.717, 1.165) is 25.3 Å². The third kappa shape index (κ3) is 6.10. The molecule has 0 unspecified atom stereocenters. The topological polar surface area (TPSA) is 103 Å². The fourth-order valence-electron chi connectivity index (χ4n) is 4.48. The minimum Gasteiger partial charge on any atom is -0.493 e. The second kappa shape index (κ2) is 11.1. The zero-order chi connectivity index (χ0) is 28.5. The number of aryl methyl sites for hydroxylation is 1. The fraction of sp³-hybridized carbons (Fsp3) is 0.444. The first-order valence-electron chi connectivity index (χ1n) is 12.6. The van der Waals surface area contributed by atoms with Crippen molar-refractivity contribution in [2.24, 2.45) is 5.92 Å². The first-order chi connectivity index (χ1) is 18.4. The van der Waals surface area contributed by atoms with E-state index in [0.29, 0.717) is 40.8 Å². The number of nitrogens with one attached hydrogen (secondary N) is 1. The number of carbonyl (C=O) groups excluding carboxylic acids is 1. The number of carbonyl (C=O) groups is 1. The van der Waals surface area contributed by atoms with Crippen LogP contribution in [0.15, 0.2) is 24.3 Å². The summed E-state index contributed by atoms with van der Waals surface area (Å²) in [5.74, 6) is 0.202. The van der Waals surface area contributed by atoms with Crippen LogP contribution >= 0.6 is 0 Å². The van der Waals surface area contributed by atoms with E-state index in [-0.39, 0.29) is 35.5 Å². The predicted octanol–water partition coefficient (Wildman–Crippen LogP) is 5.50. The number of amides is 1.